The van der Waals surface area contributed by atoms with E-state index in [0.717, 1.165) is 6.42 Å². The van der Waals surface area contributed by atoms with E-state index < -0.39 is 0 Å². The first-order chi connectivity index (χ1) is 4.29. The van der Waals surface area contributed by atoms with Gasteiger partial charge >= 0.3 is 0 Å². The monoisotopic (exact) mass is 147 g/mol. The van der Waals surface area contributed by atoms with Crippen molar-refractivity contribution in [1.82, 2.24) is 5.32 Å². The van der Waals surface area contributed by atoms with Gasteiger partial charge in [-0.3, -0.25) is 0 Å². The highest BCUT2D eigenvalue weighted by Gasteiger charge is 2.40. The number of nitrogens with one attached hydrogen (secondary N) is 1. The van der Waals surface area contributed by atoms with E-state index in [-0.39, 0.29) is 6.10 Å². The van der Waals surface area contributed by atoms with Gasteiger partial charge < -0.3 is 10.4 Å². The second kappa shape index (κ2) is 2.90. The summed E-state index contributed by atoms with van der Waals surface area (Å²) in [5, 5.41) is 12.6. The maximum Gasteiger partial charge on any atom is 0.0597 e. The molecule has 0 aliphatic heterocycles. The summed E-state index contributed by atoms with van der Waals surface area (Å²) in [6.07, 6.45) is 3.01. The molecule has 0 aromatic rings. The molecular weight excluding hydrogens is 134 g/mol. The van der Waals surface area contributed by atoms with Crippen molar-refractivity contribution in [3.8, 4) is 0 Å². The molecule has 0 amide bonds. The van der Waals surface area contributed by atoms with E-state index in [9.17, 15) is 0 Å². The molecule has 0 aromatic heterocycles. The molecule has 1 rings (SSSR count). The predicted octanol–water partition coefficient (Wildman–Crippen LogP) is 0.276. The van der Waals surface area contributed by atoms with Crippen LogP contribution in [0.15, 0.2) is 0 Å². The van der Waals surface area contributed by atoms with Crippen molar-refractivity contribution >= 4 is 11.8 Å². The second-order valence-electron chi connectivity index (χ2n) is 2.41. The lowest BCUT2D eigenvalue weighted by molar-refractivity contribution is 0.256. The first-order valence-corrected chi connectivity index (χ1v) is 4.46. The molecule has 0 heterocycles. The Morgan fingerprint density at radius 1 is 1.78 bits per heavy atom. The zero-order chi connectivity index (χ0) is 6.85. The Hall–Kier alpha value is 0.270. The van der Waals surface area contributed by atoms with Gasteiger partial charge in [-0.25, -0.2) is 0 Å². The minimum Gasteiger partial charge on any atom is -0.393 e. The van der Waals surface area contributed by atoms with Gasteiger partial charge in [0, 0.05) is 5.92 Å². The molecule has 2 unspecified atom stereocenters. The summed E-state index contributed by atoms with van der Waals surface area (Å²) in [5.41, 5.74) is 0. The van der Waals surface area contributed by atoms with Crippen molar-refractivity contribution in [3.63, 3.8) is 0 Å². The molecule has 2 nitrogen and oxygen atoms in total. The molecule has 1 fully saturated rings. The summed E-state index contributed by atoms with van der Waals surface area (Å²) in [6.45, 7) is 0. The molecule has 54 valence electrons. The van der Waals surface area contributed by atoms with Crippen LogP contribution >= 0.6 is 11.8 Å². The summed E-state index contributed by atoms with van der Waals surface area (Å²) in [4.78, 5) is 0. The summed E-state index contributed by atoms with van der Waals surface area (Å²) in [5.74, 6) is 0.505. The quantitative estimate of drug-likeness (QED) is 0.562. The van der Waals surface area contributed by atoms with E-state index in [2.05, 4.69) is 11.6 Å². The number of aliphatic hydroxyl groups is 1. The largest absolute Gasteiger partial charge is 0.393 e. The highest BCUT2D eigenvalue weighted by molar-refractivity contribution is 7.99. The predicted molar refractivity (Wildman–Crippen MR) is 40.5 cm³/mol. The van der Waals surface area contributed by atoms with E-state index in [1.165, 1.54) is 0 Å². The Kier molecular flexibility index (Phi) is 2.38. The summed E-state index contributed by atoms with van der Waals surface area (Å²) < 4.78 is 0. The lowest BCUT2D eigenvalue weighted by Crippen LogP contribution is -2.24. The van der Waals surface area contributed by atoms with Crippen molar-refractivity contribution < 1.29 is 5.11 Å². The lowest BCUT2D eigenvalue weighted by Gasteiger charge is -2.10. The Balaban J connectivity index is 2.23. The topological polar surface area (TPSA) is 32.3 Å². The first kappa shape index (κ1) is 7.38. The zero-order valence-electron chi connectivity index (χ0n) is 5.79. The average Bonchev–Trinajstić information content (AvgIpc) is 2.51. The van der Waals surface area contributed by atoms with Crippen LogP contribution in [0.2, 0.25) is 0 Å². The molecule has 1 aliphatic carbocycles. The van der Waals surface area contributed by atoms with Gasteiger partial charge in [0.15, 0.2) is 0 Å². The Bertz CT molecular complexity index is 95.1. The van der Waals surface area contributed by atoms with Crippen molar-refractivity contribution in [2.24, 2.45) is 5.92 Å². The number of aliphatic hydroxyl groups excluding tert-OH is 1. The summed E-state index contributed by atoms with van der Waals surface area (Å²) in [7, 11) is 1.94. The average molecular weight is 147 g/mol. The van der Waals surface area contributed by atoms with Crippen LogP contribution in [0.5, 0.6) is 0 Å². The van der Waals surface area contributed by atoms with Crippen molar-refractivity contribution in [2.75, 3.05) is 13.3 Å². The summed E-state index contributed by atoms with van der Waals surface area (Å²) >= 11 is 1.77. The van der Waals surface area contributed by atoms with Crippen LogP contribution in [-0.4, -0.2) is 29.9 Å². The molecule has 0 saturated heterocycles. The molecule has 9 heavy (non-hydrogen) atoms. The van der Waals surface area contributed by atoms with Gasteiger partial charge in [-0.15, -0.1) is 11.8 Å². The fourth-order valence-electron chi connectivity index (χ4n) is 1.03. The van der Waals surface area contributed by atoms with Gasteiger partial charge in [0.1, 0.15) is 0 Å². The number of hydrogen-bond acceptors (Lipinski definition) is 3. The molecule has 1 saturated carbocycles. The molecule has 0 aromatic carbocycles. The van der Waals surface area contributed by atoms with Crippen LogP contribution in [-0.2, 0) is 0 Å². The molecular formula is C6H13NOS. The van der Waals surface area contributed by atoms with Crippen LogP contribution in [0.4, 0.5) is 0 Å². The SMILES string of the molecule is CNC(SC)[C@@H]1CC1O. The Labute approximate surface area is 60.0 Å². The minimum absolute atomic E-state index is 0.0325. The Morgan fingerprint density at radius 2 is 2.33 bits per heavy atom. The number of thioether (sulfide) groups is 1. The minimum atomic E-state index is -0.0325. The van der Waals surface area contributed by atoms with Gasteiger partial charge in [0.25, 0.3) is 0 Å². The van der Waals surface area contributed by atoms with Crippen molar-refractivity contribution in [1.29, 1.82) is 0 Å². The van der Waals surface area contributed by atoms with Gasteiger partial charge in [0.05, 0.1) is 11.5 Å². The van der Waals surface area contributed by atoms with Gasteiger partial charge in [-0.05, 0) is 19.7 Å². The normalized spacial score (nSPS) is 36.3. The van der Waals surface area contributed by atoms with Crippen LogP contribution < -0.4 is 5.32 Å². The van der Waals surface area contributed by atoms with Crippen LogP contribution in [0.1, 0.15) is 6.42 Å². The third kappa shape index (κ3) is 1.60. The number of hydrogen-bond donors (Lipinski definition) is 2. The maximum atomic E-state index is 9.01. The lowest BCUT2D eigenvalue weighted by atomic mass is 10.4. The third-order valence-electron chi connectivity index (χ3n) is 1.73. The molecule has 1 aliphatic rings. The van der Waals surface area contributed by atoms with Gasteiger partial charge in [0.2, 0.25) is 0 Å². The highest BCUT2D eigenvalue weighted by atomic mass is 32.2. The maximum absolute atomic E-state index is 9.01. The van der Waals surface area contributed by atoms with Crippen LogP contribution in [0.3, 0.4) is 0 Å². The summed E-state index contributed by atoms with van der Waals surface area (Å²) in [6, 6.07) is 0. The second-order valence-corrected chi connectivity index (χ2v) is 3.39. The highest BCUT2D eigenvalue weighted by Crippen LogP contribution is 2.36. The van der Waals surface area contributed by atoms with Crippen LogP contribution in [0.25, 0.3) is 0 Å². The first-order valence-electron chi connectivity index (χ1n) is 3.17. The van der Waals surface area contributed by atoms with E-state index >= 15 is 0 Å². The molecule has 0 radical (unpaired) electrons. The molecule has 0 spiro atoms. The van der Waals surface area contributed by atoms with Crippen molar-refractivity contribution in [3.05, 3.63) is 0 Å². The third-order valence-corrected chi connectivity index (χ3v) is 2.83. The molecule has 3 heteroatoms. The van der Waals surface area contributed by atoms with E-state index in [1.54, 1.807) is 11.8 Å². The number of rotatable bonds is 3. The molecule has 3 atom stereocenters. The van der Waals surface area contributed by atoms with Gasteiger partial charge in [-0.2, -0.15) is 0 Å². The van der Waals surface area contributed by atoms with Crippen molar-refractivity contribution in [2.45, 2.75) is 17.9 Å². The standard InChI is InChI=1S/C6H13NOS/c1-7-6(9-2)4-3-5(4)8/h4-8H,3H2,1-2H3/t4-,5?,6?/m1/s1. The van der Waals surface area contributed by atoms with E-state index in [1.807, 2.05) is 7.05 Å². The molecule has 0 bridgehead atoms. The fourth-order valence-corrected chi connectivity index (χ4v) is 1.91. The van der Waals surface area contributed by atoms with Crippen LogP contribution in [0, 0.1) is 5.92 Å². The Morgan fingerprint density at radius 3 is 2.44 bits per heavy atom. The fraction of sp³-hybridized carbons (Fsp3) is 1.00. The van der Waals surface area contributed by atoms with Gasteiger partial charge in [-0.1, -0.05) is 0 Å². The smallest absolute Gasteiger partial charge is 0.0597 e. The molecule has 2 N–H and O–H groups in total. The van der Waals surface area contributed by atoms with E-state index in [4.69, 9.17) is 5.11 Å². The zero-order valence-corrected chi connectivity index (χ0v) is 6.61. The van der Waals surface area contributed by atoms with E-state index in [0.29, 0.717) is 11.3 Å².